The number of hydrogen-bond acceptors (Lipinski definition) is 10. The number of carbonyl (C=O) groups excluding carboxylic acids is 4. The fraction of sp³-hybridized carbons (Fsp3) is 0.419. The maximum absolute atomic E-state index is 14.0. The van der Waals surface area contributed by atoms with Crippen molar-refractivity contribution >= 4 is 23.7 Å². The van der Waals surface area contributed by atoms with Crippen molar-refractivity contribution in [3.8, 4) is 11.5 Å². The zero-order chi connectivity index (χ0) is 30.4. The maximum atomic E-state index is 14.0. The second kappa shape index (κ2) is 13.6. The highest BCUT2D eigenvalue weighted by Crippen LogP contribution is 2.28. The molecule has 11 nitrogen and oxygen atoms in total. The molecule has 0 spiro atoms. The fourth-order valence-electron chi connectivity index (χ4n) is 5.03. The van der Waals surface area contributed by atoms with Gasteiger partial charge in [-0.25, -0.2) is 4.79 Å². The average molecular weight is 576 g/mol. The number of Topliss-reactive ketones (excluding diaryl/α,β-unsaturated/α-hetero) is 1. The highest BCUT2D eigenvalue weighted by Gasteiger charge is 2.46. The normalized spacial score (nSPS) is 16.8. The zero-order valence-corrected chi connectivity index (χ0v) is 24.3. The predicted molar refractivity (Wildman–Crippen MR) is 154 cm³/mol. The fourth-order valence-corrected chi connectivity index (χ4v) is 5.03. The van der Waals surface area contributed by atoms with E-state index in [1.54, 1.807) is 55.1 Å². The first-order chi connectivity index (χ1) is 20.1. The van der Waals surface area contributed by atoms with Crippen LogP contribution in [0.3, 0.4) is 0 Å². The summed E-state index contributed by atoms with van der Waals surface area (Å²) in [6.45, 7) is 7.43. The van der Waals surface area contributed by atoms with Gasteiger partial charge in [0, 0.05) is 5.56 Å². The lowest BCUT2D eigenvalue weighted by Gasteiger charge is -2.35. The van der Waals surface area contributed by atoms with Crippen LogP contribution < -0.4 is 5.73 Å². The molecule has 0 saturated carbocycles. The van der Waals surface area contributed by atoms with Crippen LogP contribution in [0.2, 0.25) is 0 Å². The Morgan fingerprint density at radius 2 is 1.64 bits per heavy atom. The molecule has 3 atom stereocenters. The molecule has 0 bridgehead atoms. The summed E-state index contributed by atoms with van der Waals surface area (Å²) in [5.41, 5.74) is 7.48. The summed E-state index contributed by atoms with van der Waals surface area (Å²) in [5.74, 6) is -2.54. The third-order valence-electron chi connectivity index (χ3n) is 7.34. The van der Waals surface area contributed by atoms with E-state index in [9.17, 15) is 19.2 Å². The van der Waals surface area contributed by atoms with Crippen LogP contribution in [0.4, 0.5) is 4.79 Å². The Morgan fingerprint density at radius 3 is 2.26 bits per heavy atom. The van der Waals surface area contributed by atoms with Crippen LogP contribution in [0.15, 0.2) is 65.2 Å². The molecule has 2 N–H and O–H groups in total. The number of ether oxygens (including phenoxy) is 1. The topological polar surface area (TPSA) is 149 Å². The molecular formula is C31H37N5O6. The van der Waals surface area contributed by atoms with Crippen LogP contribution in [0.5, 0.6) is 0 Å². The van der Waals surface area contributed by atoms with E-state index in [2.05, 4.69) is 10.1 Å². The van der Waals surface area contributed by atoms with Crippen molar-refractivity contribution in [1.82, 2.24) is 19.9 Å². The summed E-state index contributed by atoms with van der Waals surface area (Å²) in [4.78, 5) is 61.0. The van der Waals surface area contributed by atoms with E-state index in [1.807, 2.05) is 38.1 Å². The number of rotatable bonds is 10. The standard InChI is InChI=1S/C31H37N5O6/c1-19(2)24(32)30(39)36(31(40)41-18-21-12-7-5-8-13-21)29(38)23-16-11-17-35(23)25(20(3)4)26(37)27-33-28(42-34-27)22-14-9-6-10-15-22/h5-10,12-15,19-20,23-25H,11,16-18,32H2,1-4H3/t23-,24-,25?/m0/s1. The number of ketones is 1. The van der Waals surface area contributed by atoms with Crippen molar-refractivity contribution in [1.29, 1.82) is 0 Å². The molecule has 3 aromatic rings. The Kier molecular flexibility index (Phi) is 9.97. The Hall–Kier alpha value is -4.22. The molecule has 2 heterocycles. The Bertz CT molecular complexity index is 1390. The summed E-state index contributed by atoms with van der Waals surface area (Å²) in [5, 5.41) is 3.92. The predicted octanol–water partition coefficient (Wildman–Crippen LogP) is 4.08. The molecule has 1 aliphatic heterocycles. The molecule has 1 saturated heterocycles. The van der Waals surface area contributed by atoms with Gasteiger partial charge in [-0.1, -0.05) is 81.4 Å². The Morgan fingerprint density at radius 1 is 1.00 bits per heavy atom. The van der Waals surface area contributed by atoms with Crippen LogP contribution in [0, 0.1) is 11.8 Å². The summed E-state index contributed by atoms with van der Waals surface area (Å²) in [7, 11) is 0. The lowest BCUT2D eigenvalue weighted by molar-refractivity contribution is -0.147. The second-order valence-corrected chi connectivity index (χ2v) is 11.1. The summed E-state index contributed by atoms with van der Waals surface area (Å²) < 4.78 is 10.8. The van der Waals surface area contributed by atoms with Gasteiger partial charge in [-0.3, -0.25) is 19.3 Å². The van der Waals surface area contributed by atoms with Gasteiger partial charge >= 0.3 is 6.09 Å². The lowest BCUT2D eigenvalue weighted by atomic mass is 9.96. The molecule has 0 radical (unpaired) electrons. The highest BCUT2D eigenvalue weighted by molar-refractivity contribution is 6.12. The van der Waals surface area contributed by atoms with E-state index in [0.29, 0.717) is 35.4 Å². The van der Waals surface area contributed by atoms with Gasteiger partial charge in [0.1, 0.15) is 6.61 Å². The molecule has 1 aliphatic rings. The molecule has 1 aromatic heterocycles. The molecule has 222 valence electrons. The molecule has 0 aliphatic carbocycles. The first-order valence-electron chi connectivity index (χ1n) is 14.1. The molecule has 42 heavy (non-hydrogen) atoms. The van der Waals surface area contributed by atoms with Crippen molar-refractivity contribution in [3.63, 3.8) is 0 Å². The van der Waals surface area contributed by atoms with Gasteiger partial charge in [-0.05, 0) is 48.9 Å². The molecule has 3 amide bonds. The Balaban J connectivity index is 1.59. The van der Waals surface area contributed by atoms with Crippen molar-refractivity contribution in [3.05, 3.63) is 72.1 Å². The van der Waals surface area contributed by atoms with Crippen molar-refractivity contribution in [2.75, 3.05) is 6.54 Å². The minimum atomic E-state index is -1.11. The molecule has 4 rings (SSSR count). The van der Waals surface area contributed by atoms with Gasteiger partial charge in [-0.2, -0.15) is 9.88 Å². The largest absolute Gasteiger partial charge is 0.444 e. The van der Waals surface area contributed by atoms with E-state index < -0.39 is 41.8 Å². The van der Waals surface area contributed by atoms with E-state index in [-0.39, 0.29) is 30.2 Å². The minimum Gasteiger partial charge on any atom is -0.444 e. The van der Waals surface area contributed by atoms with Crippen LogP contribution in [-0.4, -0.2) is 68.3 Å². The van der Waals surface area contributed by atoms with E-state index >= 15 is 0 Å². The van der Waals surface area contributed by atoms with E-state index in [0.717, 1.165) is 0 Å². The highest BCUT2D eigenvalue weighted by atomic mass is 16.6. The SMILES string of the molecule is CC(C)C(C(=O)c1noc(-c2ccccc2)n1)N1CCC[C@H]1C(=O)N(C(=O)OCc1ccccc1)C(=O)[C@@H](N)C(C)C. The van der Waals surface area contributed by atoms with E-state index in [1.165, 1.54) is 0 Å². The number of aromatic nitrogens is 2. The molecular weight excluding hydrogens is 538 g/mol. The molecule has 1 unspecified atom stereocenters. The van der Waals surface area contributed by atoms with Crippen LogP contribution in [-0.2, 0) is 20.9 Å². The smallest absolute Gasteiger partial charge is 0.423 e. The Labute approximate surface area is 245 Å². The van der Waals surface area contributed by atoms with Crippen molar-refractivity contribution < 1.29 is 28.4 Å². The summed E-state index contributed by atoms with van der Waals surface area (Å²) in [6, 6.07) is 15.2. The van der Waals surface area contributed by atoms with Gasteiger partial charge in [0.05, 0.1) is 18.1 Å². The number of likely N-dealkylation sites (tertiary alicyclic amines) is 1. The third-order valence-corrected chi connectivity index (χ3v) is 7.34. The van der Waals surface area contributed by atoms with Gasteiger partial charge in [0.2, 0.25) is 11.6 Å². The quantitative estimate of drug-likeness (QED) is 0.350. The second-order valence-electron chi connectivity index (χ2n) is 11.1. The third kappa shape index (κ3) is 6.80. The minimum absolute atomic E-state index is 0.109. The lowest BCUT2D eigenvalue weighted by Crippen LogP contribution is -2.58. The van der Waals surface area contributed by atoms with E-state index in [4.69, 9.17) is 15.0 Å². The number of nitrogens with two attached hydrogens (primary N) is 1. The van der Waals surface area contributed by atoms with Crippen molar-refractivity contribution in [2.45, 2.75) is 65.3 Å². The monoisotopic (exact) mass is 575 g/mol. The van der Waals surface area contributed by atoms with Gasteiger partial charge < -0.3 is 15.0 Å². The number of nitrogens with zero attached hydrogens (tertiary/aromatic N) is 4. The van der Waals surface area contributed by atoms with Crippen LogP contribution in [0.25, 0.3) is 11.5 Å². The zero-order valence-electron chi connectivity index (χ0n) is 24.3. The number of benzene rings is 2. The molecule has 1 fully saturated rings. The van der Waals surface area contributed by atoms with Gasteiger partial charge in [0.15, 0.2) is 0 Å². The number of hydrogen-bond donors (Lipinski definition) is 1. The molecule has 2 aromatic carbocycles. The first-order valence-corrected chi connectivity index (χ1v) is 14.1. The van der Waals surface area contributed by atoms with Gasteiger partial charge in [0.25, 0.3) is 17.7 Å². The summed E-state index contributed by atoms with van der Waals surface area (Å²) >= 11 is 0. The summed E-state index contributed by atoms with van der Waals surface area (Å²) in [6.07, 6.45) is -0.190. The number of imide groups is 3. The average Bonchev–Trinajstić information content (AvgIpc) is 3.67. The van der Waals surface area contributed by atoms with Crippen LogP contribution >= 0.6 is 0 Å². The maximum Gasteiger partial charge on any atom is 0.423 e. The van der Waals surface area contributed by atoms with Crippen molar-refractivity contribution in [2.24, 2.45) is 17.6 Å². The van der Waals surface area contributed by atoms with Crippen LogP contribution in [0.1, 0.15) is 56.7 Å². The van der Waals surface area contributed by atoms with Gasteiger partial charge in [-0.15, -0.1) is 0 Å². The number of amides is 3. The first kappa shape index (κ1) is 30.7. The molecule has 11 heteroatoms. The number of carbonyl (C=O) groups is 4.